The molecule has 1 saturated heterocycles. The number of carbonyl (C=O) groups excluding carboxylic acids is 1. The van der Waals surface area contributed by atoms with Gasteiger partial charge in [0.15, 0.2) is 0 Å². The van der Waals surface area contributed by atoms with Crippen molar-refractivity contribution in [3.05, 3.63) is 0 Å². The smallest absolute Gasteiger partial charge is 0.228 e. The Morgan fingerprint density at radius 3 is 2.53 bits per heavy atom. The van der Waals surface area contributed by atoms with Crippen LogP contribution in [0.15, 0.2) is 0 Å². The highest BCUT2D eigenvalue weighted by Crippen LogP contribution is 2.20. The lowest BCUT2D eigenvalue weighted by molar-refractivity contribution is -0.151. The molecule has 88 valence electrons. The molecule has 1 fully saturated rings. The Kier molecular flexibility index (Phi) is 3.73. The van der Waals surface area contributed by atoms with Gasteiger partial charge in [-0.05, 0) is 6.92 Å². The number of carbonyl (C=O) groups is 1. The summed E-state index contributed by atoms with van der Waals surface area (Å²) in [6, 6.07) is 0. The van der Waals surface area contributed by atoms with E-state index in [1.165, 1.54) is 0 Å². The van der Waals surface area contributed by atoms with Crippen LogP contribution in [-0.4, -0.2) is 42.6 Å². The Morgan fingerprint density at radius 2 is 2.07 bits per heavy atom. The number of hydrogen-bond acceptors (Lipinski definition) is 3. The van der Waals surface area contributed by atoms with Crippen molar-refractivity contribution in [1.29, 1.82) is 0 Å². The zero-order valence-corrected chi connectivity index (χ0v) is 10.1. The molecule has 1 aliphatic rings. The third-order valence-electron chi connectivity index (χ3n) is 2.52. The highest BCUT2D eigenvalue weighted by molar-refractivity contribution is 5.81. The van der Waals surface area contributed by atoms with Gasteiger partial charge in [-0.25, -0.2) is 0 Å². The van der Waals surface area contributed by atoms with Crippen molar-refractivity contribution in [3.8, 4) is 0 Å². The third-order valence-corrected chi connectivity index (χ3v) is 2.52. The molecule has 2 N–H and O–H groups in total. The molecule has 0 bridgehead atoms. The molecule has 2 unspecified atom stereocenters. The van der Waals surface area contributed by atoms with E-state index in [-0.39, 0.29) is 23.5 Å². The number of nitrogens with zero attached hydrogens (tertiary/aromatic N) is 1. The van der Waals surface area contributed by atoms with E-state index in [1.54, 1.807) is 0 Å². The molecule has 0 spiro atoms. The van der Waals surface area contributed by atoms with Crippen LogP contribution >= 0.6 is 0 Å². The quantitative estimate of drug-likeness (QED) is 0.695. The fourth-order valence-corrected chi connectivity index (χ4v) is 1.82. The monoisotopic (exact) mass is 214 g/mol. The van der Waals surface area contributed by atoms with Crippen LogP contribution in [0.4, 0.5) is 0 Å². The van der Waals surface area contributed by atoms with E-state index < -0.39 is 0 Å². The molecule has 0 radical (unpaired) electrons. The van der Waals surface area contributed by atoms with Crippen molar-refractivity contribution >= 4 is 5.91 Å². The van der Waals surface area contributed by atoms with Crippen LogP contribution < -0.4 is 5.73 Å². The predicted molar refractivity (Wildman–Crippen MR) is 59.4 cm³/mol. The van der Waals surface area contributed by atoms with Crippen LogP contribution in [0.3, 0.4) is 0 Å². The van der Waals surface area contributed by atoms with Gasteiger partial charge in [0.1, 0.15) is 0 Å². The molecule has 4 heteroatoms. The Labute approximate surface area is 91.8 Å². The molecule has 0 aromatic carbocycles. The van der Waals surface area contributed by atoms with Crippen molar-refractivity contribution in [3.63, 3.8) is 0 Å². The van der Waals surface area contributed by atoms with Crippen LogP contribution in [0.5, 0.6) is 0 Å². The molecular formula is C11H22N2O2. The first kappa shape index (κ1) is 12.5. The molecule has 0 saturated carbocycles. The van der Waals surface area contributed by atoms with Gasteiger partial charge in [-0.3, -0.25) is 4.79 Å². The summed E-state index contributed by atoms with van der Waals surface area (Å²) in [4.78, 5) is 13.9. The first-order chi connectivity index (χ1) is 6.84. The average Bonchev–Trinajstić information content (AvgIpc) is 2.14. The first-order valence-electron chi connectivity index (χ1n) is 5.49. The minimum absolute atomic E-state index is 0.0138. The molecule has 1 heterocycles. The predicted octanol–water partition coefficient (Wildman–Crippen LogP) is 0.607. The molecule has 4 nitrogen and oxygen atoms in total. The average molecular weight is 214 g/mol. The molecule has 2 atom stereocenters. The van der Waals surface area contributed by atoms with Gasteiger partial charge in [-0.2, -0.15) is 0 Å². The Balaban J connectivity index is 2.66. The van der Waals surface area contributed by atoms with Gasteiger partial charge in [-0.15, -0.1) is 0 Å². The van der Waals surface area contributed by atoms with Crippen molar-refractivity contribution in [2.45, 2.75) is 39.9 Å². The van der Waals surface area contributed by atoms with E-state index in [4.69, 9.17) is 10.5 Å². The second-order valence-electron chi connectivity index (χ2n) is 5.26. The third kappa shape index (κ3) is 3.18. The molecule has 1 rings (SSSR count). The molecule has 1 amide bonds. The molecule has 1 aliphatic heterocycles. The van der Waals surface area contributed by atoms with Gasteiger partial charge in [0.25, 0.3) is 0 Å². The van der Waals surface area contributed by atoms with E-state index >= 15 is 0 Å². The number of hydrogen-bond donors (Lipinski definition) is 1. The van der Waals surface area contributed by atoms with Gasteiger partial charge < -0.3 is 15.4 Å². The Morgan fingerprint density at radius 1 is 1.47 bits per heavy atom. The minimum atomic E-state index is -0.323. The van der Waals surface area contributed by atoms with Crippen LogP contribution in [0.1, 0.15) is 27.7 Å². The zero-order valence-electron chi connectivity index (χ0n) is 10.1. The first-order valence-corrected chi connectivity index (χ1v) is 5.49. The highest BCUT2D eigenvalue weighted by Gasteiger charge is 2.33. The number of amides is 1. The maximum atomic E-state index is 12.1. The van der Waals surface area contributed by atoms with Crippen LogP contribution in [0.25, 0.3) is 0 Å². The van der Waals surface area contributed by atoms with E-state index in [2.05, 4.69) is 0 Å². The van der Waals surface area contributed by atoms with E-state index in [9.17, 15) is 4.79 Å². The molecule has 15 heavy (non-hydrogen) atoms. The van der Waals surface area contributed by atoms with Gasteiger partial charge in [0.05, 0.1) is 12.2 Å². The normalized spacial score (nSPS) is 27.9. The van der Waals surface area contributed by atoms with Crippen molar-refractivity contribution in [1.82, 2.24) is 4.90 Å². The van der Waals surface area contributed by atoms with Gasteiger partial charge >= 0.3 is 0 Å². The summed E-state index contributed by atoms with van der Waals surface area (Å²) < 4.78 is 5.61. The topological polar surface area (TPSA) is 55.6 Å². The summed E-state index contributed by atoms with van der Waals surface area (Å²) >= 11 is 0. The van der Waals surface area contributed by atoms with E-state index in [1.807, 2.05) is 32.6 Å². The van der Waals surface area contributed by atoms with E-state index in [0.29, 0.717) is 19.6 Å². The largest absolute Gasteiger partial charge is 0.370 e. The number of rotatable bonds is 1. The van der Waals surface area contributed by atoms with Gasteiger partial charge in [0, 0.05) is 25.0 Å². The molecule has 0 aliphatic carbocycles. The summed E-state index contributed by atoms with van der Waals surface area (Å²) in [5, 5.41) is 0. The molecule has 0 aromatic rings. The standard InChI is InChI=1S/C11H22N2O2/c1-8-6-13(7-9(5-12)15-8)10(14)11(2,3)4/h8-9H,5-7,12H2,1-4H3. The summed E-state index contributed by atoms with van der Waals surface area (Å²) in [5.74, 6) is 0.177. The summed E-state index contributed by atoms with van der Waals surface area (Å²) in [6.07, 6.45) is 0.0682. The lowest BCUT2D eigenvalue weighted by Gasteiger charge is -2.39. The Bertz CT molecular complexity index is 235. The SMILES string of the molecule is CC1CN(C(=O)C(C)(C)C)CC(CN)O1. The fraction of sp³-hybridized carbons (Fsp3) is 0.909. The lowest BCUT2D eigenvalue weighted by atomic mass is 9.94. The molecular weight excluding hydrogens is 192 g/mol. The van der Waals surface area contributed by atoms with Crippen LogP contribution in [0, 0.1) is 5.41 Å². The second-order valence-corrected chi connectivity index (χ2v) is 5.26. The lowest BCUT2D eigenvalue weighted by Crippen LogP contribution is -2.53. The number of nitrogens with two attached hydrogens (primary N) is 1. The summed E-state index contributed by atoms with van der Waals surface area (Å²) in [7, 11) is 0. The maximum Gasteiger partial charge on any atom is 0.228 e. The van der Waals surface area contributed by atoms with Gasteiger partial charge in [-0.1, -0.05) is 20.8 Å². The van der Waals surface area contributed by atoms with Crippen molar-refractivity contribution in [2.24, 2.45) is 11.1 Å². The maximum absolute atomic E-state index is 12.1. The van der Waals surface area contributed by atoms with E-state index in [0.717, 1.165) is 0 Å². The fourth-order valence-electron chi connectivity index (χ4n) is 1.82. The summed E-state index contributed by atoms with van der Waals surface area (Å²) in [6.45, 7) is 9.55. The molecule has 0 aromatic heterocycles. The van der Waals surface area contributed by atoms with Gasteiger partial charge in [0.2, 0.25) is 5.91 Å². The second kappa shape index (κ2) is 4.49. The van der Waals surface area contributed by atoms with Crippen molar-refractivity contribution in [2.75, 3.05) is 19.6 Å². The minimum Gasteiger partial charge on any atom is -0.370 e. The number of morpholine rings is 1. The Hall–Kier alpha value is -0.610. The van der Waals surface area contributed by atoms with Crippen LogP contribution in [0.2, 0.25) is 0 Å². The highest BCUT2D eigenvalue weighted by atomic mass is 16.5. The van der Waals surface area contributed by atoms with Crippen LogP contribution in [-0.2, 0) is 9.53 Å². The number of ether oxygens (including phenoxy) is 1. The summed E-state index contributed by atoms with van der Waals surface area (Å²) in [5.41, 5.74) is 5.25. The zero-order chi connectivity index (χ0) is 11.6. The van der Waals surface area contributed by atoms with Crippen molar-refractivity contribution < 1.29 is 9.53 Å².